The fraction of sp³-hybridized carbons (Fsp3) is 1.00. The van der Waals surface area contributed by atoms with Crippen LogP contribution >= 0.6 is 0 Å². The second-order valence-electron chi connectivity index (χ2n) is 5.90. The highest BCUT2D eigenvalue weighted by Crippen LogP contribution is 2.32. The van der Waals surface area contributed by atoms with E-state index in [1.165, 1.54) is 32.1 Å². The molecule has 0 aromatic rings. The molecule has 0 aromatic carbocycles. The van der Waals surface area contributed by atoms with Crippen molar-refractivity contribution >= 4 is 0 Å². The van der Waals surface area contributed by atoms with Gasteiger partial charge in [-0.2, -0.15) is 0 Å². The average Bonchev–Trinajstić information content (AvgIpc) is 2.09. The van der Waals surface area contributed by atoms with Crippen LogP contribution < -0.4 is 5.32 Å². The second kappa shape index (κ2) is 4.22. The molecule has 1 heteroatoms. The lowest BCUT2D eigenvalue weighted by Gasteiger charge is -2.40. The molecule has 0 saturated heterocycles. The van der Waals surface area contributed by atoms with Gasteiger partial charge in [-0.3, -0.25) is 0 Å². The first-order valence-corrected chi connectivity index (χ1v) is 6.41. The number of rotatable bonds is 2. The van der Waals surface area contributed by atoms with Gasteiger partial charge in [0, 0.05) is 12.1 Å². The van der Waals surface area contributed by atoms with E-state index in [-0.39, 0.29) is 0 Å². The van der Waals surface area contributed by atoms with Gasteiger partial charge in [-0.25, -0.2) is 0 Å². The van der Waals surface area contributed by atoms with Gasteiger partial charge in [-0.15, -0.1) is 0 Å². The second-order valence-corrected chi connectivity index (χ2v) is 5.90. The van der Waals surface area contributed by atoms with Crippen LogP contribution in [0.25, 0.3) is 0 Å². The Labute approximate surface area is 88.7 Å². The Kier molecular flexibility index (Phi) is 3.16. The van der Waals surface area contributed by atoms with Crippen LogP contribution in [-0.4, -0.2) is 12.1 Å². The van der Waals surface area contributed by atoms with E-state index in [4.69, 9.17) is 0 Å². The van der Waals surface area contributed by atoms with Gasteiger partial charge in [0.05, 0.1) is 0 Å². The Bertz CT molecular complexity index is 184. The predicted octanol–water partition coefficient (Wildman–Crippen LogP) is 3.20. The van der Waals surface area contributed by atoms with Crippen LogP contribution in [0.15, 0.2) is 0 Å². The first kappa shape index (κ1) is 10.5. The van der Waals surface area contributed by atoms with Crippen molar-refractivity contribution in [3.8, 4) is 0 Å². The average molecular weight is 195 g/mol. The van der Waals surface area contributed by atoms with Crippen LogP contribution in [0.3, 0.4) is 0 Å². The third kappa shape index (κ3) is 2.31. The van der Waals surface area contributed by atoms with Crippen molar-refractivity contribution in [2.45, 2.75) is 65.0 Å². The molecule has 0 bridgehead atoms. The Morgan fingerprint density at radius 1 is 0.786 bits per heavy atom. The molecule has 3 unspecified atom stereocenters. The van der Waals surface area contributed by atoms with Crippen LogP contribution in [0.5, 0.6) is 0 Å². The van der Waals surface area contributed by atoms with Crippen LogP contribution in [0, 0.1) is 17.8 Å². The molecule has 0 spiro atoms. The van der Waals surface area contributed by atoms with Gasteiger partial charge in [0.1, 0.15) is 0 Å². The molecule has 2 aliphatic rings. The zero-order valence-corrected chi connectivity index (χ0v) is 9.92. The third-order valence-electron chi connectivity index (χ3n) is 4.44. The Morgan fingerprint density at radius 3 is 2.07 bits per heavy atom. The highest BCUT2D eigenvalue weighted by molar-refractivity contribution is 4.88. The molecule has 2 fully saturated rings. The van der Waals surface area contributed by atoms with Gasteiger partial charge >= 0.3 is 0 Å². The van der Waals surface area contributed by atoms with Crippen molar-refractivity contribution < 1.29 is 0 Å². The van der Waals surface area contributed by atoms with Gasteiger partial charge in [-0.05, 0) is 49.9 Å². The van der Waals surface area contributed by atoms with Crippen molar-refractivity contribution in [2.24, 2.45) is 17.8 Å². The van der Waals surface area contributed by atoms with E-state index in [2.05, 4.69) is 26.1 Å². The monoisotopic (exact) mass is 195 g/mol. The van der Waals surface area contributed by atoms with E-state index in [9.17, 15) is 0 Å². The predicted molar refractivity (Wildman–Crippen MR) is 61.3 cm³/mol. The van der Waals surface area contributed by atoms with Crippen LogP contribution in [0.4, 0.5) is 0 Å². The third-order valence-corrected chi connectivity index (χ3v) is 4.44. The van der Waals surface area contributed by atoms with Crippen LogP contribution in [0.2, 0.25) is 0 Å². The summed E-state index contributed by atoms with van der Waals surface area (Å²) in [4.78, 5) is 0. The van der Waals surface area contributed by atoms with E-state index in [1.54, 1.807) is 0 Å². The van der Waals surface area contributed by atoms with Crippen LogP contribution in [-0.2, 0) is 0 Å². The highest BCUT2D eigenvalue weighted by atomic mass is 15.0. The number of hydrogen-bond donors (Lipinski definition) is 1. The van der Waals surface area contributed by atoms with Crippen molar-refractivity contribution in [3.63, 3.8) is 0 Å². The lowest BCUT2D eigenvalue weighted by atomic mass is 9.77. The normalized spacial score (nSPS) is 48.6. The molecule has 14 heavy (non-hydrogen) atoms. The van der Waals surface area contributed by atoms with Gasteiger partial charge < -0.3 is 5.32 Å². The molecule has 0 radical (unpaired) electrons. The molecule has 0 heterocycles. The Balaban J connectivity index is 1.71. The zero-order chi connectivity index (χ0) is 10.1. The van der Waals surface area contributed by atoms with Gasteiger partial charge in [-0.1, -0.05) is 20.8 Å². The van der Waals surface area contributed by atoms with E-state index >= 15 is 0 Å². The summed E-state index contributed by atoms with van der Waals surface area (Å²) in [6.07, 6.45) is 7.09. The fourth-order valence-corrected chi connectivity index (χ4v) is 3.07. The number of nitrogens with one attached hydrogen (secondary N) is 1. The molecular formula is C13H25N. The maximum Gasteiger partial charge on any atom is 0.00747 e. The maximum atomic E-state index is 3.84. The minimum absolute atomic E-state index is 0.832. The summed E-state index contributed by atoms with van der Waals surface area (Å²) in [5, 5.41) is 3.84. The Morgan fingerprint density at radius 2 is 1.50 bits per heavy atom. The molecular weight excluding hydrogens is 170 g/mol. The van der Waals surface area contributed by atoms with E-state index in [0.29, 0.717) is 0 Å². The SMILES string of the molecule is CC1CC(NC2CCC(C)C(C)C2)C1. The lowest BCUT2D eigenvalue weighted by Crippen LogP contribution is -2.47. The fourth-order valence-electron chi connectivity index (χ4n) is 3.07. The first-order valence-electron chi connectivity index (χ1n) is 6.41. The minimum atomic E-state index is 0.832. The molecule has 2 saturated carbocycles. The molecule has 1 N–H and O–H groups in total. The molecule has 0 aliphatic heterocycles. The molecule has 2 aliphatic carbocycles. The smallest absolute Gasteiger partial charge is 0.00747 e. The summed E-state index contributed by atoms with van der Waals surface area (Å²) in [6.45, 7) is 7.19. The van der Waals surface area contributed by atoms with E-state index in [0.717, 1.165) is 29.8 Å². The quantitative estimate of drug-likeness (QED) is 0.713. The van der Waals surface area contributed by atoms with Crippen molar-refractivity contribution in [3.05, 3.63) is 0 Å². The summed E-state index contributed by atoms with van der Waals surface area (Å²) in [5.41, 5.74) is 0. The summed E-state index contributed by atoms with van der Waals surface area (Å²) >= 11 is 0. The van der Waals surface area contributed by atoms with Gasteiger partial charge in [0.2, 0.25) is 0 Å². The topological polar surface area (TPSA) is 12.0 Å². The van der Waals surface area contributed by atoms with Crippen molar-refractivity contribution in [1.82, 2.24) is 5.32 Å². The first-order chi connectivity index (χ1) is 6.65. The van der Waals surface area contributed by atoms with Crippen molar-refractivity contribution in [2.75, 3.05) is 0 Å². The van der Waals surface area contributed by atoms with E-state index < -0.39 is 0 Å². The molecule has 0 amide bonds. The molecule has 3 atom stereocenters. The molecule has 82 valence electrons. The van der Waals surface area contributed by atoms with Crippen LogP contribution in [0.1, 0.15) is 52.9 Å². The summed E-state index contributed by atoms with van der Waals surface area (Å²) in [6, 6.07) is 1.69. The standard InChI is InChI=1S/C13H25N/c1-9-6-13(7-9)14-12-5-4-10(2)11(3)8-12/h9-14H,4-8H2,1-3H3. The lowest BCUT2D eigenvalue weighted by molar-refractivity contribution is 0.167. The van der Waals surface area contributed by atoms with E-state index in [1.807, 2.05) is 0 Å². The summed E-state index contributed by atoms with van der Waals surface area (Å²) in [5.74, 6) is 2.86. The highest BCUT2D eigenvalue weighted by Gasteiger charge is 2.30. The summed E-state index contributed by atoms with van der Waals surface area (Å²) < 4.78 is 0. The number of hydrogen-bond acceptors (Lipinski definition) is 1. The molecule has 1 nitrogen and oxygen atoms in total. The minimum Gasteiger partial charge on any atom is -0.311 e. The zero-order valence-electron chi connectivity index (χ0n) is 9.92. The molecule has 0 aromatic heterocycles. The Hall–Kier alpha value is -0.0400. The summed E-state index contributed by atoms with van der Waals surface area (Å²) in [7, 11) is 0. The molecule has 2 rings (SSSR count). The van der Waals surface area contributed by atoms with Gasteiger partial charge in [0.15, 0.2) is 0 Å². The maximum absolute atomic E-state index is 3.84. The van der Waals surface area contributed by atoms with Gasteiger partial charge in [0.25, 0.3) is 0 Å². The largest absolute Gasteiger partial charge is 0.311 e. The van der Waals surface area contributed by atoms with Crippen molar-refractivity contribution in [1.29, 1.82) is 0 Å².